The van der Waals surface area contributed by atoms with E-state index in [2.05, 4.69) is 38.2 Å². The molecule has 9 heteroatoms. The zero-order chi connectivity index (χ0) is 28.1. The average molecular weight is 539 g/mol. The van der Waals surface area contributed by atoms with Crippen LogP contribution in [0, 0.1) is 13.8 Å². The van der Waals surface area contributed by atoms with Crippen LogP contribution in [0.5, 0.6) is 11.5 Å². The summed E-state index contributed by atoms with van der Waals surface area (Å²) < 4.78 is 11.7. The van der Waals surface area contributed by atoms with Gasteiger partial charge in [0.1, 0.15) is 23.6 Å². The molecule has 0 saturated carbocycles. The minimum Gasteiger partial charge on any atom is -0.495 e. The van der Waals surface area contributed by atoms with Crippen LogP contribution in [-0.2, 0) is 0 Å². The van der Waals surface area contributed by atoms with Crippen molar-refractivity contribution in [1.82, 2.24) is 14.9 Å². The van der Waals surface area contributed by atoms with Crippen molar-refractivity contribution in [3.05, 3.63) is 90.4 Å². The van der Waals surface area contributed by atoms with E-state index in [4.69, 9.17) is 9.47 Å². The van der Waals surface area contributed by atoms with Gasteiger partial charge in [-0.25, -0.2) is 19.7 Å². The van der Waals surface area contributed by atoms with E-state index in [1.165, 1.54) is 11.2 Å². The number of ether oxygens (including phenoxy) is 2. The largest absolute Gasteiger partial charge is 0.495 e. The van der Waals surface area contributed by atoms with E-state index in [0.29, 0.717) is 22.9 Å². The lowest BCUT2D eigenvalue weighted by molar-refractivity contribution is 0.209. The molecule has 0 radical (unpaired) electrons. The van der Waals surface area contributed by atoms with E-state index < -0.39 is 6.09 Å². The van der Waals surface area contributed by atoms with Crippen LogP contribution in [0.2, 0.25) is 0 Å². The standard InChI is InChI=1S/C31H34N6O3/c1-22-8-7-9-23(2)30(22)40-31(38)37(29-14-15-32-21-33-29)26-11-6-5-10-25(26)34-24-12-13-27(28(20-24)39-4)36-18-16-35(3)17-19-36/h5-15,20-21,34H,16-19H2,1-4H3. The molecule has 0 bridgehead atoms. The first-order valence-electron chi connectivity index (χ1n) is 13.3. The Bertz CT molecular complexity index is 1450. The predicted octanol–water partition coefficient (Wildman–Crippen LogP) is 5.93. The monoisotopic (exact) mass is 538 g/mol. The Morgan fingerprint density at radius 1 is 0.950 bits per heavy atom. The highest BCUT2D eigenvalue weighted by Crippen LogP contribution is 2.37. The van der Waals surface area contributed by atoms with Gasteiger partial charge in [-0.05, 0) is 62.4 Å². The third-order valence-corrected chi connectivity index (χ3v) is 7.02. The fourth-order valence-electron chi connectivity index (χ4n) is 4.82. The average Bonchev–Trinajstić information content (AvgIpc) is 2.97. The van der Waals surface area contributed by atoms with Gasteiger partial charge >= 0.3 is 6.09 Å². The minimum absolute atomic E-state index is 0.392. The molecule has 40 heavy (non-hydrogen) atoms. The molecule has 4 aromatic rings. The van der Waals surface area contributed by atoms with Gasteiger partial charge in [0.2, 0.25) is 0 Å². The Kier molecular flexibility index (Phi) is 8.12. The van der Waals surface area contributed by atoms with E-state index in [-0.39, 0.29) is 0 Å². The van der Waals surface area contributed by atoms with Gasteiger partial charge in [-0.2, -0.15) is 0 Å². The van der Waals surface area contributed by atoms with Crippen LogP contribution in [0.15, 0.2) is 79.3 Å². The van der Waals surface area contributed by atoms with Crippen LogP contribution in [0.4, 0.5) is 33.4 Å². The molecule has 0 unspecified atom stereocenters. The fraction of sp³-hybridized carbons (Fsp3) is 0.258. The zero-order valence-corrected chi connectivity index (χ0v) is 23.3. The van der Waals surface area contributed by atoms with Crippen LogP contribution >= 0.6 is 0 Å². The Morgan fingerprint density at radius 3 is 2.40 bits per heavy atom. The summed E-state index contributed by atoms with van der Waals surface area (Å²) in [6, 6.07) is 21.1. The van der Waals surface area contributed by atoms with Crippen molar-refractivity contribution < 1.29 is 14.3 Å². The molecule has 1 aliphatic rings. The molecule has 1 aliphatic heterocycles. The summed E-state index contributed by atoms with van der Waals surface area (Å²) in [6.45, 7) is 7.73. The van der Waals surface area contributed by atoms with Gasteiger partial charge in [0.05, 0.1) is 24.2 Å². The molecule has 3 aromatic carbocycles. The first-order valence-corrected chi connectivity index (χ1v) is 13.3. The van der Waals surface area contributed by atoms with Crippen LogP contribution in [0.3, 0.4) is 0 Å². The van der Waals surface area contributed by atoms with Gasteiger partial charge in [-0.3, -0.25) is 0 Å². The number of rotatable bonds is 7. The molecular weight excluding hydrogens is 504 g/mol. The maximum atomic E-state index is 13.8. The first-order chi connectivity index (χ1) is 19.4. The van der Waals surface area contributed by atoms with Crippen molar-refractivity contribution in [2.75, 3.05) is 55.5 Å². The summed E-state index contributed by atoms with van der Waals surface area (Å²) in [7, 11) is 3.83. The quantitative estimate of drug-likeness (QED) is 0.310. The van der Waals surface area contributed by atoms with Gasteiger partial charge in [0.25, 0.3) is 0 Å². The highest BCUT2D eigenvalue weighted by atomic mass is 16.6. The molecule has 0 spiro atoms. The summed E-state index contributed by atoms with van der Waals surface area (Å²) in [5, 5.41) is 3.48. The van der Waals surface area contributed by atoms with Crippen molar-refractivity contribution in [3.63, 3.8) is 0 Å². The maximum Gasteiger partial charge on any atom is 0.425 e. The smallest absolute Gasteiger partial charge is 0.425 e. The van der Waals surface area contributed by atoms with Gasteiger partial charge in [0.15, 0.2) is 0 Å². The number of amides is 1. The van der Waals surface area contributed by atoms with Crippen molar-refractivity contribution >= 4 is 34.7 Å². The van der Waals surface area contributed by atoms with Gasteiger partial charge < -0.3 is 24.6 Å². The lowest BCUT2D eigenvalue weighted by Gasteiger charge is -2.34. The Morgan fingerprint density at radius 2 is 1.70 bits per heavy atom. The van der Waals surface area contributed by atoms with E-state index in [1.807, 2.05) is 68.4 Å². The van der Waals surface area contributed by atoms with E-state index >= 15 is 0 Å². The van der Waals surface area contributed by atoms with Gasteiger partial charge in [-0.15, -0.1) is 0 Å². The summed E-state index contributed by atoms with van der Waals surface area (Å²) in [5.74, 6) is 1.71. The number of aromatic nitrogens is 2. The third kappa shape index (κ3) is 5.84. The van der Waals surface area contributed by atoms with Crippen molar-refractivity contribution in [2.24, 2.45) is 0 Å². The second kappa shape index (κ2) is 12.0. The SMILES string of the molecule is COc1cc(Nc2ccccc2N(C(=O)Oc2c(C)cccc2C)c2ccncn2)ccc1N1CCN(C)CC1. The number of benzene rings is 3. The first kappa shape index (κ1) is 27.0. The van der Waals surface area contributed by atoms with E-state index in [1.54, 1.807) is 19.4 Å². The summed E-state index contributed by atoms with van der Waals surface area (Å²) in [6.07, 6.45) is 2.43. The molecule has 1 saturated heterocycles. The zero-order valence-electron chi connectivity index (χ0n) is 23.3. The molecule has 1 fully saturated rings. The Labute approximate surface area is 235 Å². The maximum absolute atomic E-state index is 13.8. The molecule has 5 rings (SSSR count). The van der Waals surface area contributed by atoms with Crippen LogP contribution in [-0.4, -0.2) is 61.3 Å². The molecule has 9 nitrogen and oxygen atoms in total. The van der Waals surface area contributed by atoms with Crippen LogP contribution in [0.25, 0.3) is 0 Å². The number of hydrogen-bond acceptors (Lipinski definition) is 8. The summed E-state index contributed by atoms with van der Waals surface area (Å²) in [4.78, 5) is 28.3. The normalized spacial score (nSPS) is 13.6. The molecule has 1 aromatic heterocycles. The Hall–Kier alpha value is -4.63. The number of carbonyl (C=O) groups is 1. The topological polar surface area (TPSA) is 83.1 Å². The van der Waals surface area contributed by atoms with E-state index in [9.17, 15) is 4.79 Å². The van der Waals surface area contributed by atoms with Gasteiger partial charge in [0, 0.05) is 44.1 Å². The fourth-order valence-corrected chi connectivity index (χ4v) is 4.82. The summed E-state index contributed by atoms with van der Waals surface area (Å²) in [5.41, 5.74) is 4.92. The number of nitrogens with one attached hydrogen (secondary N) is 1. The molecule has 206 valence electrons. The number of nitrogens with zero attached hydrogens (tertiary/aromatic N) is 5. The number of piperazine rings is 1. The highest BCUT2D eigenvalue weighted by Gasteiger charge is 2.26. The number of anilines is 5. The predicted molar refractivity (Wildman–Crippen MR) is 159 cm³/mol. The second-order valence-corrected chi connectivity index (χ2v) is 9.81. The number of hydrogen-bond donors (Lipinski definition) is 1. The van der Waals surface area contributed by atoms with Crippen molar-refractivity contribution in [1.29, 1.82) is 0 Å². The number of likely N-dealkylation sites (N-methyl/N-ethyl adjacent to an activating group) is 1. The second-order valence-electron chi connectivity index (χ2n) is 9.81. The number of para-hydroxylation sites is 3. The molecule has 1 amide bonds. The van der Waals surface area contributed by atoms with Gasteiger partial charge in [-0.1, -0.05) is 30.3 Å². The number of carbonyl (C=O) groups excluding carboxylic acids is 1. The molecule has 2 heterocycles. The highest BCUT2D eigenvalue weighted by molar-refractivity contribution is 6.00. The molecule has 1 N–H and O–H groups in total. The lowest BCUT2D eigenvalue weighted by atomic mass is 10.1. The van der Waals surface area contributed by atoms with E-state index in [0.717, 1.165) is 54.4 Å². The molecule has 0 atom stereocenters. The molecule has 0 aliphatic carbocycles. The lowest BCUT2D eigenvalue weighted by Crippen LogP contribution is -2.44. The van der Waals surface area contributed by atoms with Crippen LogP contribution in [0.1, 0.15) is 11.1 Å². The Balaban J connectivity index is 1.47. The number of methoxy groups -OCH3 is 1. The van der Waals surface area contributed by atoms with Crippen molar-refractivity contribution in [2.45, 2.75) is 13.8 Å². The molecular formula is C31H34N6O3. The number of aryl methyl sites for hydroxylation is 2. The summed E-state index contributed by atoms with van der Waals surface area (Å²) >= 11 is 0. The van der Waals surface area contributed by atoms with Crippen molar-refractivity contribution in [3.8, 4) is 11.5 Å². The minimum atomic E-state index is -0.576. The third-order valence-electron chi connectivity index (χ3n) is 7.02. The van der Waals surface area contributed by atoms with Crippen LogP contribution < -0.4 is 24.6 Å².